The third-order valence-corrected chi connectivity index (χ3v) is 22.6. The molecule has 682 valence electrons. The lowest BCUT2D eigenvalue weighted by Crippen LogP contribution is -2.64. The van der Waals surface area contributed by atoms with Crippen LogP contribution in [0.1, 0.15) is 219 Å². The summed E-state index contributed by atoms with van der Waals surface area (Å²) in [6.07, 6.45) is 0.00595. The number of aliphatic hydroxyl groups is 1. The molecule has 1 aromatic heterocycles. The van der Waals surface area contributed by atoms with E-state index >= 15 is 24.0 Å². The van der Waals surface area contributed by atoms with Crippen LogP contribution < -0.4 is 79.6 Å². The molecule has 0 bridgehead atoms. The van der Waals surface area contributed by atoms with Crippen molar-refractivity contribution in [2.24, 2.45) is 47.3 Å². The van der Waals surface area contributed by atoms with E-state index in [4.69, 9.17) is 9.15 Å². The Bertz CT molecular complexity index is 4260. The Labute approximate surface area is 722 Å². The van der Waals surface area contributed by atoms with Gasteiger partial charge < -0.3 is 93.2 Å². The first-order valence-corrected chi connectivity index (χ1v) is 43.6. The Balaban J connectivity index is 1.52. The van der Waals surface area contributed by atoms with E-state index in [-0.39, 0.29) is 87.2 Å². The SMILES string of the molecule is C/C=C1\NC(=O)[C@H](Cc2ccccc2)NC(=O)[C@@H](C(C)C)NC(=O)[C@@H]([C@@H](C)CC)NC(=O)[C@H](NC(=O)[C@H](NC(=O)[C@H](CCCNC(=O)c2cc3ccc(N(CC)CC)cc3oc2=O)NC(=O)[C@H]2CCCN2C(=O)[C@H](NC(=O)[C@@H](NC(=O)[C@@H](NC(=O)[C@H](NC(=O)CCCC(C)C)C(C)C)[C@@H](C)O)C(C)C)C(C)C)[C@@H](C)CC)[C@@H](C)OC(=O)[C@H](C(C)C)NC1=O. The molecule has 0 aliphatic carbocycles. The number of rotatable bonds is 38. The van der Waals surface area contributed by atoms with E-state index < -0.39 is 215 Å². The molecule has 2 aliphatic rings. The van der Waals surface area contributed by atoms with E-state index in [2.05, 4.69) is 74.0 Å². The first kappa shape index (κ1) is 103. The van der Waals surface area contributed by atoms with Crippen LogP contribution in [0.2, 0.25) is 0 Å². The quantitative estimate of drug-likeness (QED) is 0.0165. The summed E-state index contributed by atoms with van der Waals surface area (Å²) < 4.78 is 11.7. The first-order chi connectivity index (χ1) is 57.9. The molecule has 14 N–H and O–H groups in total. The van der Waals surface area contributed by atoms with Gasteiger partial charge in [-0.15, -0.1) is 0 Å². The largest absolute Gasteiger partial charge is 0.458 e. The fraction of sp³-hybridized carbons (Fsp3) is 0.640. The molecule has 34 heteroatoms. The van der Waals surface area contributed by atoms with Crippen molar-refractivity contribution in [1.82, 2.24) is 74.0 Å². The molecule has 3 heterocycles. The van der Waals surface area contributed by atoms with Gasteiger partial charge in [0.15, 0.2) is 0 Å². The normalized spacial score (nSPS) is 20.9. The minimum atomic E-state index is -1.91. The van der Waals surface area contributed by atoms with Gasteiger partial charge in [-0.05, 0) is 138 Å². The van der Waals surface area contributed by atoms with E-state index in [1.54, 1.807) is 139 Å². The van der Waals surface area contributed by atoms with Crippen molar-refractivity contribution in [2.75, 3.05) is 31.1 Å². The molecule has 3 aromatic rings. The van der Waals surface area contributed by atoms with Gasteiger partial charge >= 0.3 is 11.6 Å². The van der Waals surface area contributed by atoms with E-state index in [1.165, 1.54) is 37.8 Å². The molecule has 0 saturated carbocycles. The molecular weight excluding hydrogens is 1580 g/mol. The van der Waals surface area contributed by atoms with Gasteiger partial charge in [-0.2, -0.15) is 0 Å². The summed E-state index contributed by atoms with van der Waals surface area (Å²) in [5.74, 6) is -17.1. The monoisotopic (exact) mass is 1720 g/mol. The standard InChI is InChI=1S/C89H137N15O19/c1-22-52(18)71(84(116)102-74-55(21)122-89(121)70(51(16)17)98-76(108)60(24-3)91-78(110)62(43-56-34-28-27-29-35-56)93-80(112)67(48(10)11)95-83(115)72(53(19)23-2)100-86(74)118)99-77(109)61(36-31-41-90-75(107)59-44-57-39-40-58(103(25-4)26-5)45-64(57)123-88(59)120)92-79(111)63-37-32-42-104(63)87(119)69(50(14)15)97-82(114)68(49(12)13)96-85(117)73(54(20)105)101-81(113)66(47(8)9)94-65(106)38-30-33-46(6)7/h24,27-29,34-35,39-40,44-55,61-63,66-74,105H,22-23,25-26,30-33,36-38,41-43H2,1-21H3,(H,90,107)(H,91,110)(H,92,111)(H,93,112)(H,94,106)(H,95,115)(H,96,117)(H,97,114)(H,98,108)(H,99,109)(H,100,118)(H,101,113)(H,102,116)/b60-24-/t52-,53-,54+,55+,61-,62-,63+,66+,67+,68-,69+,70-,71+,72+,73-,74+/m0/s1. The number of hydrogen-bond donors (Lipinski definition) is 14. The number of amides is 14. The fourth-order valence-corrected chi connectivity index (χ4v) is 14.5. The highest BCUT2D eigenvalue weighted by atomic mass is 16.5. The lowest BCUT2D eigenvalue weighted by Gasteiger charge is -2.34. The maximum absolute atomic E-state index is 15.4. The number of anilines is 1. The minimum absolute atomic E-state index is 0.00867. The Morgan fingerprint density at radius 1 is 0.602 bits per heavy atom. The molecule has 2 aliphatic heterocycles. The third-order valence-electron chi connectivity index (χ3n) is 22.6. The zero-order valence-electron chi connectivity index (χ0n) is 75.6. The number of benzene rings is 2. The number of aliphatic hydroxyl groups excluding tert-OH is 1. The Morgan fingerprint density at radius 3 is 1.75 bits per heavy atom. The van der Waals surface area contributed by atoms with Crippen LogP contribution in [0, 0.1) is 47.3 Å². The Morgan fingerprint density at radius 2 is 1.18 bits per heavy atom. The highest BCUT2D eigenvalue weighted by Gasteiger charge is 2.45. The molecule has 2 fully saturated rings. The van der Waals surface area contributed by atoms with Gasteiger partial charge in [0.2, 0.25) is 70.9 Å². The van der Waals surface area contributed by atoms with E-state index in [0.29, 0.717) is 36.4 Å². The van der Waals surface area contributed by atoms with Crippen LogP contribution in [0.25, 0.3) is 11.0 Å². The number of cyclic esters (lactones) is 1. The summed E-state index contributed by atoms with van der Waals surface area (Å²) in [7, 11) is 0. The molecular formula is C89H137N15O19. The number of allylic oxidation sites excluding steroid dienone is 1. The van der Waals surface area contributed by atoms with Crippen molar-refractivity contribution in [3.63, 3.8) is 0 Å². The highest BCUT2D eigenvalue weighted by molar-refractivity contribution is 6.03. The lowest BCUT2D eigenvalue weighted by atomic mass is 9.95. The zero-order chi connectivity index (χ0) is 92.1. The van der Waals surface area contributed by atoms with Crippen LogP contribution in [0.15, 0.2) is 75.6 Å². The molecule has 5 rings (SSSR count). The van der Waals surface area contributed by atoms with E-state index in [0.717, 1.165) is 12.1 Å². The number of carbonyl (C=O) groups is 15. The summed E-state index contributed by atoms with van der Waals surface area (Å²) in [6.45, 7) is 36.4. The summed E-state index contributed by atoms with van der Waals surface area (Å²) in [4.78, 5) is 235. The summed E-state index contributed by atoms with van der Waals surface area (Å²) in [5.41, 5.74) is 0.120. The maximum atomic E-state index is 15.4. The number of carbonyl (C=O) groups excluding carboxylic acids is 15. The predicted molar refractivity (Wildman–Crippen MR) is 465 cm³/mol. The van der Waals surface area contributed by atoms with Gasteiger partial charge in [0.1, 0.15) is 95.4 Å². The molecule has 0 unspecified atom stereocenters. The number of nitrogens with zero attached hydrogens (tertiary/aromatic N) is 2. The van der Waals surface area contributed by atoms with Crippen molar-refractivity contribution in [3.8, 4) is 0 Å². The Kier molecular flexibility index (Phi) is 40.8. The summed E-state index contributed by atoms with van der Waals surface area (Å²) in [6, 6.07) is -2.02. The van der Waals surface area contributed by atoms with Crippen LogP contribution in [0.4, 0.5) is 5.69 Å². The van der Waals surface area contributed by atoms with E-state index in [9.17, 15) is 57.8 Å². The van der Waals surface area contributed by atoms with Crippen molar-refractivity contribution < 1.29 is 86.2 Å². The molecule has 0 radical (unpaired) electrons. The highest BCUT2D eigenvalue weighted by Crippen LogP contribution is 2.26. The van der Waals surface area contributed by atoms with Crippen molar-refractivity contribution in [1.29, 1.82) is 0 Å². The summed E-state index contributed by atoms with van der Waals surface area (Å²) in [5, 5.41) is 46.5. The van der Waals surface area contributed by atoms with Crippen LogP contribution in [-0.4, -0.2) is 210 Å². The average Bonchev–Trinajstić information content (AvgIpc) is 1.75. The van der Waals surface area contributed by atoms with Gasteiger partial charge in [-0.1, -0.05) is 166 Å². The van der Waals surface area contributed by atoms with Crippen LogP contribution in [-0.2, 0) is 78.3 Å². The van der Waals surface area contributed by atoms with Crippen LogP contribution >= 0.6 is 0 Å². The number of hydrogen-bond acceptors (Lipinski definition) is 20. The molecule has 34 nitrogen and oxygen atoms in total. The zero-order valence-corrected chi connectivity index (χ0v) is 75.6. The Hall–Kier alpha value is -10.8. The second-order valence-corrected chi connectivity index (χ2v) is 34.5. The smallest absolute Gasteiger partial charge is 0.349 e. The van der Waals surface area contributed by atoms with Gasteiger partial charge in [0, 0.05) is 56.2 Å². The first-order valence-electron chi connectivity index (χ1n) is 43.6. The van der Waals surface area contributed by atoms with Crippen LogP contribution in [0.3, 0.4) is 0 Å². The molecule has 123 heavy (non-hydrogen) atoms. The van der Waals surface area contributed by atoms with Gasteiger partial charge in [-0.25, -0.2) is 9.59 Å². The second kappa shape index (κ2) is 48.9. The summed E-state index contributed by atoms with van der Waals surface area (Å²) >= 11 is 0. The number of fused-ring (bicyclic) bond motifs is 1. The van der Waals surface area contributed by atoms with E-state index in [1.807, 2.05) is 33.8 Å². The molecule has 14 amide bonds. The number of likely N-dealkylation sites (tertiary alicyclic amines) is 1. The second-order valence-electron chi connectivity index (χ2n) is 34.5. The maximum Gasteiger partial charge on any atom is 0.349 e. The van der Waals surface area contributed by atoms with Crippen molar-refractivity contribution in [2.45, 2.75) is 294 Å². The predicted octanol–water partition coefficient (Wildman–Crippen LogP) is 4.26. The number of ether oxygens (including phenoxy) is 1. The number of esters is 1. The molecule has 0 spiro atoms. The van der Waals surface area contributed by atoms with Crippen molar-refractivity contribution in [3.05, 3.63) is 87.9 Å². The topological polar surface area (TPSA) is 479 Å². The van der Waals surface area contributed by atoms with Crippen molar-refractivity contribution >= 4 is 105 Å². The third kappa shape index (κ3) is 29.7. The van der Waals surface area contributed by atoms with Crippen LogP contribution in [0.5, 0.6) is 0 Å². The average molecular weight is 1720 g/mol. The fourth-order valence-electron chi connectivity index (χ4n) is 14.5. The van der Waals surface area contributed by atoms with Gasteiger partial charge in [-0.3, -0.25) is 67.1 Å². The molecule has 16 atom stereocenters. The number of nitrogens with one attached hydrogen (secondary N) is 13. The molecule has 2 saturated heterocycles. The lowest BCUT2D eigenvalue weighted by molar-refractivity contribution is -0.157. The molecule has 2 aromatic carbocycles. The van der Waals surface area contributed by atoms with Gasteiger partial charge in [0.25, 0.3) is 11.8 Å². The minimum Gasteiger partial charge on any atom is -0.458 e. The van der Waals surface area contributed by atoms with Gasteiger partial charge in [0.05, 0.1) is 6.10 Å².